The van der Waals surface area contributed by atoms with Crippen LogP contribution >= 0.6 is 11.6 Å². The Morgan fingerprint density at radius 1 is 1.16 bits per heavy atom. The molecule has 0 amide bonds. The van der Waals surface area contributed by atoms with Crippen molar-refractivity contribution >= 4 is 17.3 Å². The molecule has 1 aromatic carbocycles. The summed E-state index contributed by atoms with van der Waals surface area (Å²) in [6, 6.07) is 6.09. The Hall–Kier alpha value is -0.810. The molecule has 5 heteroatoms. The minimum Gasteiger partial charge on any atom is -0.383 e. The van der Waals surface area contributed by atoms with Crippen LogP contribution in [0.2, 0.25) is 5.02 Å². The van der Waals surface area contributed by atoms with E-state index in [4.69, 9.17) is 26.8 Å². The van der Waals surface area contributed by atoms with Gasteiger partial charge in [0.2, 0.25) is 0 Å². The van der Waals surface area contributed by atoms with E-state index in [2.05, 4.69) is 11.0 Å². The number of rotatable bonds is 9. The number of nitrogens with two attached hydrogens (primary N) is 1. The Labute approximate surface area is 120 Å². The maximum Gasteiger partial charge on any atom is 0.0642 e. The van der Waals surface area contributed by atoms with Crippen LogP contribution in [0.5, 0.6) is 0 Å². The molecule has 0 aliphatic carbocycles. The number of nitrogens with zero attached hydrogens (tertiary/aromatic N) is 1. The van der Waals surface area contributed by atoms with Gasteiger partial charge in [-0.1, -0.05) is 17.7 Å². The third kappa shape index (κ3) is 5.37. The number of halogens is 1. The lowest BCUT2D eigenvalue weighted by atomic mass is 10.1. The Morgan fingerprint density at radius 2 is 1.79 bits per heavy atom. The second-order valence-corrected chi connectivity index (χ2v) is 4.70. The summed E-state index contributed by atoms with van der Waals surface area (Å²) in [6.45, 7) is 3.52. The molecule has 4 nitrogen and oxygen atoms in total. The van der Waals surface area contributed by atoms with Gasteiger partial charge in [0.15, 0.2) is 0 Å². The Morgan fingerprint density at radius 3 is 2.26 bits per heavy atom. The molecule has 0 atom stereocenters. The highest BCUT2D eigenvalue weighted by atomic mass is 35.5. The molecule has 0 saturated carbocycles. The molecule has 0 aliphatic rings. The first-order chi connectivity index (χ1) is 9.22. The molecule has 1 aromatic rings. The van der Waals surface area contributed by atoms with E-state index >= 15 is 0 Å². The summed E-state index contributed by atoms with van der Waals surface area (Å²) < 4.78 is 10.3. The average Bonchev–Trinajstić information content (AvgIpc) is 2.40. The van der Waals surface area contributed by atoms with Gasteiger partial charge in [0.25, 0.3) is 0 Å². The highest BCUT2D eigenvalue weighted by Gasteiger charge is 2.10. The van der Waals surface area contributed by atoms with E-state index in [9.17, 15) is 0 Å². The van der Waals surface area contributed by atoms with Gasteiger partial charge in [0, 0.05) is 27.3 Å². The van der Waals surface area contributed by atoms with E-state index in [-0.39, 0.29) is 0 Å². The lowest BCUT2D eigenvalue weighted by molar-refractivity contribution is 0.190. The fourth-order valence-corrected chi connectivity index (χ4v) is 2.21. The number of ether oxygens (including phenoxy) is 2. The van der Waals surface area contributed by atoms with Crippen LogP contribution in [0.4, 0.5) is 5.69 Å². The Kier molecular flexibility index (Phi) is 7.82. The summed E-state index contributed by atoms with van der Waals surface area (Å²) in [7, 11) is 3.39. The van der Waals surface area contributed by atoms with Gasteiger partial charge < -0.3 is 20.1 Å². The normalized spacial score (nSPS) is 10.7. The topological polar surface area (TPSA) is 47.7 Å². The molecular weight excluding hydrogens is 264 g/mol. The lowest BCUT2D eigenvalue weighted by Gasteiger charge is -2.25. The number of hydrogen-bond acceptors (Lipinski definition) is 4. The van der Waals surface area contributed by atoms with Crippen molar-refractivity contribution in [1.29, 1.82) is 0 Å². The second kappa shape index (κ2) is 9.15. The van der Waals surface area contributed by atoms with Crippen LogP contribution in [0.3, 0.4) is 0 Å². The third-order valence-electron chi connectivity index (χ3n) is 2.92. The predicted octanol–water partition coefficient (Wildman–Crippen LogP) is 1.94. The van der Waals surface area contributed by atoms with Gasteiger partial charge in [-0.05, 0) is 30.7 Å². The Balaban J connectivity index is 2.81. The number of methoxy groups -OCH3 is 2. The van der Waals surface area contributed by atoms with Crippen molar-refractivity contribution in [1.82, 2.24) is 0 Å². The molecule has 108 valence electrons. The molecule has 0 aromatic heterocycles. The predicted molar refractivity (Wildman–Crippen MR) is 80.2 cm³/mol. The molecule has 0 fully saturated rings. The van der Waals surface area contributed by atoms with Crippen LogP contribution in [0.25, 0.3) is 0 Å². The van der Waals surface area contributed by atoms with Gasteiger partial charge in [0.1, 0.15) is 0 Å². The minimum absolute atomic E-state index is 0.632. The fraction of sp³-hybridized carbons (Fsp3) is 0.571. The van der Waals surface area contributed by atoms with Crippen molar-refractivity contribution in [3.8, 4) is 0 Å². The molecule has 0 spiro atoms. The van der Waals surface area contributed by atoms with Gasteiger partial charge >= 0.3 is 0 Å². The van der Waals surface area contributed by atoms with Gasteiger partial charge in [-0.2, -0.15) is 0 Å². The fourth-order valence-electron chi connectivity index (χ4n) is 1.88. The van der Waals surface area contributed by atoms with Crippen LogP contribution in [0.15, 0.2) is 18.2 Å². The molecule has 19 heavy (non-hydrogen) atoms. The zero-order valence-electron chi connectivity index (χ0n) is 11.7. The summed E-state index contributed by atoms with van der Waals surface area (Å²) in [5, 5.41) is 0.748. The maximum atomic E-state index is 6.35. The van der Waals surface area contributed by atoms with Crippen molar-refractivity contribution < 1.29 is 9.47 Å². The average molecular weight is 287 g/mol. The smallest absolute Gasteiger partial charge is 0.0642 e. The monoisotopic (exact) mass is 286 g/mol. The van der Waals surface area contributed by atoms with Crippen molar-refractivity contribution in [3.63, 3.8) is 0 Å². The second-order valence-electron chi connectivity index (χ2n) is 4.30. The zero-order chi connectivity index (χ0) is 14.1. The Bertz CT molecular complexity index is 366. The van der Waals surface area contributed by atoms with Crippen LogP contribution in [0.1, 0.15) is 5.56 Å². The largest absolute Gasteiger partial charge is 0.383 e. The van der Waals surface area contributed by atoms with Gasteiger partial charge in [0.05, 0.1) is 23.9 Å². The van der Waals surface area contributed by atoms with E-state index in [1.807, 2.05) is 12.1 Å². The first-order valence-electron chi connectivity index (χ1n) is 6.44. The lowest BCUT2D eigenvalue weighted by Crippen LogP contribution is -2.30. The van der Waals surface area contributed by atoms with Gasteiger partial charge in [-0.15, -0.1) is 0 Å². The van der Waals surface area contributed by atoms with Crippen LogP contribution in [-0.2, 0) is 15.9 Å². The maximum absolute atomic E-state index is 6.35. The summed E-state index contributed by atoms with van der Waals surface area (Å²) in [4.78, 5) is 2.17. The van der Waals surface area contributed by atoms with Gasteiger partial charge in [-0.3, -0.25) is 0 Å². The number of anilines is 1. The molecule has 0 radical (unpaired) electrons. The third-order valence-corrected chi connectivity index (χ3v) is 3.22. The zero-order valence-corrected chi connectivity index (χ0v) is 12.4. The molecule has 1 rings (SSSR count). The van der Waals surface area contributed by atoms with Crippen LogP contribution in [0, 0.1) is 0 Å². The quantitative estimate of drug-likeness (QED) is 0.754. The van der Waals surface area contributed by atoms with Crippen molar-refractivity contribution in [2.75, 3.05) is 52.0 Å². The molecule has 0 saturated heterocycles. The standard InChI is InChI=1S/C14H23ClN2O2/c1-18-9-7-17(8-10-19-2)14-4-3-12(5-6-16)11-13(14)15/h3-4,11H,5-10,16H2,1-2H3. The summed E-state index contributed by atoms with van der Waals surface area (Å²) >= 11 is 6.35. The van der Waals surface area contributed by atoms with Crippen molar-refractivity contribution in [3.05, 3.63) is 28.8 Å². The van der Waals surface area contributed by atoms with E-state index in [0.29, 0.717) is 19.8 Å². The van der Waals surface area contributed by atoms with E-state index in [1.165, 1.54) is 0 Å². The minimum atomic E-state index is 0.632. The van der Waals surface area contributed by atoms with Crippen molar-refractivity contribution in [2.45, 2.75) is 6.42 Å². The van der Waals surface area contributed by atoms with Crippen molar-refractivity contribution in [2.24, 2.45) is 5.73 Å². The highest BCUT2D eigenvalue weighted by molar-refractivity contribution is 6.33. The SMILES string of the molecule is COCCN(CCOC)c1ccc(CCN)cc1Cl. The number of benzene rings is 1. The molecule has 2 N–H and O–H groups in total. The molecule has 0 unspecified atom stereocenters. The van der Waals surface area contributed by atoms with E-state index in [0.717, 1.165) is 35.8 Å². The molecule has 0 bridgehead atoms. The molecule has 0 aliphatic heterocycles. The molecular formula is C14H23ClN2O2. The van der Waals surface area contributed by atoms with Crippen LogP contribution < -0.4 is 10.6 Å². The van der Waals surface area contributed by atoms with E-state index in [1.54, 1.807) is 14.2 Å². The molecule has 0 heterocycles. The summed E-state index contributed by atoms with van der Waals surface area (Å²) in [6.07, 6.45) is 0.843. The summed E-state index contributed by atoms with van der Waals surface area (Å²) in [5.74, 6) is 0. The first-order valence-corrected chi connectivity index (χ1v) is 6.82. The van der Waals surface area contributed by atoms with Gasteiger partial charge in [-0.25, -0.2) is 0 Å². The summed E-state index contributed by atoms with van der Waals surface area (Å²) in [5.41, 5.74) is 7.73. The van der Waals surface area contributed by atoms with E-state index < -0.39 is 0 Å². The highest BCUT2D eigenvalue weighted by Crippen LogP contribution is 2.27. The van der Waals surface area contributed by atoms with Crippen LogP contribution in [-0.4, -0.2) is 47.1 Å². The first kappa shape index (κ1) is 16.2. The number of hydrogen-bond donors (Lipinski definition) is 1.